The summed E-state index contributed by atoms with van der Waals surface area (Å²) in [5.74, 6) is 1.15. The van der Waals surface area contributed by atoms with E-state index in [2.05, 4.69) is 9.97 Å². The first-order chi connectivity index (χ1) is 7.18. The highest BCUT2D eigenvalue weighted by Gasteiger charge is 2.19. The van der Waals surface area contributed by atoms with Crippen LogP contribution in [0.15, 0.2) is 4.79 Å². The van der Waals surface area contributed by atoms with Crippen LogP contribution in [0.4, 0.5) is 5.82 Å². The number of rotatable bonds is 1. The van der Waals surface area contributed by atoms with Gasteiger partial charge in [0.25, 0.3) is 5.56 Å². The Morgan fingerprint density at radius 1 is 1.60 bits per heavy atom. The molecule has 2 rings (SSSR count). The van der Waals surface area contributed by atoms with Crippen molar-refractivity contribution in [2.45, 2.75) is 25.7 Å². The molecule has 0 bridgehead atoms. The summed E-state index contributed by atoms with van der Waals surface area (Å²) in [7, 11) is 0. The van der Waals surface area contributed by atoms with Crippen molar-refractivity contribution in [2.75, 3.05) is 18.9 Å². The van der Waals surface area contributed by atoms with Crippen molar-refractivity contribution < 1.29 is 4.74 Å². The van der Waals surface area contributed by atoms with Gasteiger partial charge in [0.2, 0.25) is 0 Å². The smallest absolute Gasteiger partial charge is 0.255 e. The van der Waals surface area contributed by atoms with Gasteiger partial charge in [-0.25, -0.2) is 4.98 Å². The zero-order valence-electron chi connectivity index (χ0n) is 8.75. The Labute approximate surface area is 87.7 Å². The number of aromatic nitrogens is 2. The summed E-state index contributed by atoms with van der Waals surface area (Å²) in [5, 5.41) is 0. The second-order valence-corrected chi connectivity index (χ2v) is 3.88. The summed E-state index contributed by atoms with van der Waals surface area (Å²) in [5.41, 5.74) is 5.99. The maximum atomic E-state index is 11.5. The van der Waals surface area contributed by atoms with Gasteiger partial charge in [0.1, 0.15) is 11.6 Å². The molecular weight excluding hydrogens is 194 g/mol. The molecule has 5 heteroatoms. The van der Waals surface area contributed by atoms with Gasteiger partial charge in [-0.1, -0.05) is 0 Å². The Balaban J connectivity index is 2.32. The molecule has 15 heavy (non-hydrogen) atoms. The van der Waals surface area contributed by atoms with Crippen molar-refractivity contribution in [1.29, 1.82) is 0 Å². The molecule has 1 aliphatic heterocycles. The van der Waals surface area contributed by atoms with Crippen molar-refractivity contribution in [3.63, 3.8) is 0 Å². The van der Waals surface area contributed by atoms with Gasteiger partial charge in [-0.2, -0.15) is 0 Å². The van der Waals surface area contributed by atoms with Crippen LogP contribution in [0.1, 0.15) is 30.1 Å². The van der Waals surface area contributed by atoms with Gasteiger partial charge in [0.15, 0.2) is 0 Å². The second-order valence-electron chi connectivity index (χ2n) is 3.88. The molecule has 1 fully saturated rings. The van der Waals surface area contributed by atoms with Crippen LogP contribution in [0.2, 0.25) is 0 Å². The number of nitrogens with zero attached hydrogens (tertiary/aromatic N) is 1. The first-order valence-corrected chi connectivity index (χ1v) is 5.12. The van der Waals surface area contributed by atoms with E-state index in [1.54, 1.807) is 6.92 Å². The van der Waals surface area contributed by atoms with Gasteiger partial charge in [-0.05, 0) is 19.8 Å². The molecule has 0 spiro atoms. The van der Waals surface area contributed by atoms with Gasteiger partial charge < -0.3 is 15.5 Å². The van der Waals surface area contributed by atoms with Crippen molar-refractivity contribution in [1.82, 2.24) is 9.97 Å². The van der Waals surface area contributed by atoms with E-state index in [-0.39, 0.29) is 11.5 Å². The summed E-state index contributed by atoms with van der Waals surface area (Å²) in [6, 6.07) is 0. The highest BCUT2D eigenvalue weighted by molar-refractivity contribution is 5.36. The van der Waals surface area contributed by atoms with Crippen LogP contribution in [0.5, 0.6) is 0 Å². The first-order valence-electron chi connectivity index (χ1n) is 5.12. The topological polar surface area (TPSA) is 81.0 Å². The third-order valence-electron chi connectivity index (χ3n) is 2.75. The highest BCUT2D eigenvalue weighted by Crippen LogP contribution is 2.22. The number of H-pyrrole nitrogens is 1. The number of nitrogens with one attached hydrogen (secondary N) is 1. The number of nitrogen functional groups attached to an aromatic ring is 1. The summed E-state index contributed by atoms with van der Waals surface area (Å²) in [6.07, 6.45) is 1.99. The monoisotopic (exact) mass is 209 g/mol. The molecule has 0 aromatic carbocycles. The SMILES string of the molecule is Cc1c(N)nc(C2CCCOC2)[nH]c1=O. The van der Waals surface area contributed by atoms with Gasteiger partial charge in [0.05, 0.1) is 12.2 Å². The maximum Gasteiger partial charge on any atom is 0.255 e. The molecule has 0 saturated carbocycles. The minimum Gasteiger partial charge on any atom is -0.383 e. The Morgan fingerprint density at radius 2 is 2.40 bits per heavy atom. The van der Waals surface area contributed by atoms with Crippen LogP contribution in [0.3, 0.4) is 0 Å². The standard InChI is InChI=1S/C10H15N3O2/c1-6-8(11)12-9(13-10(6)14)7-3-2-4-15-5-7/h7H,2-5H2,1H3,(H3,11,12,13,14). The normalized spacial score (nSPS) is 21.5. The average molecular weight is 209 g/mol. The van der Waals surface area contributed by atoms with Crippen LogP contribution in [0.25, 0.3) is 0 Å². The van der Waals surface area contributed by atoms with Crippen molar-refractivity contribution in [3.8, 4) is 0 Å². The molecule has 0 amide bonds. The lowest BCUT2D eigenvalue weighted by molar-refractivity contribution is 0.0780. The fourth-order valence-corrected chi connectivity index (χ4v) is 1.72. The molecule has 1 aromatic rings. The minimum atomic E-state index is -0.150. The Bertz CT molecular complexity index is 408. The van der Waals surface area contributed by atoms with E-state index in [1.807, 2.05) is 0 Å². The lowest BCUT2D eigenvalue weighted by Crippen LogP contribution is -2.23. The Hall–Kier alpha value is -1.36. The van der Waals surface area contributed by atoms with E-state index in [4.69, 9.17) is 10.5 Å². The molecule has 0 aliphatic carbocycles. The van der Waals surface area contributed by atoms with Gasteiger partial charge >= 0.3 is 0 Å². The number of nitrogens with two attached hydrogens (primary N) is 1. The van der Waals surface area contributed by atoms with Crippen LogP contribution in [0, 0.1) is 6.92 Å². The Morgan fingerprint density at radius 3 is 3.00 bits per heavy atom. The fraction of sp³-hybridized carbons (Fsp3) is 0.600. The zero-order chi connectivity index (χ0) is 10.8. The fourth-order valence-electron chi connectivity index (χ4n) is 1.72. The largest absolute Gasteiger partial charge is 0.383 e. The molecule has 2 heterocycles. The summed E-state index contributed by atoms with van der Waals surface area (Å²) >= 11 is 0. The predicted octanol–water partition coefficient (Wildman–Crippen LogP) is 0.555. The van der Waals surface area contributed by atoms with Gasteiger partial charge in [-0.3, -0.25) is 4.79 Å². The predicted molar refractivity (Wildman–Crippen MR) is 56.8 cm³/mol. The van der Waals surface area contributed by atoms with Crippen molar-refractivity contribution in [3.05, 3.63) is 21.7 Å². The third kappa shape index (κ3) is 2.02. The number of ether oxygens (including phenoxy) is 1. The van der Waals surface area contributed by atoms with E-state index >= 15 is 0 Å². The van der Waals surface area contributed by atoms with Crippen LogP contribution in [-0.4, -0.2) is 23.2 Å². The summed E-state index contributed by atoms with van der Waals surface area (Å²) in [4.78, 5) is 18.4. The number of hydrogen-bond donors (Lipinski definition) is 2. The van der Waals surface area contributed by atoms with E-state index < -0.39 is 0 Å². The third-order valence-corrected chi connectivity index (χ3v) is 2.75. The zero-order valence-corrected chi connectivity index (χ0v) is 8.75. The molecule has 1 atom stereocenters. The van der Waals surface area contributed by atoms with Crippen LogP contribution in [-0.2, 0) is 4.74 Å². The molecular formula is C10H15N3O2. The molecule has 0 radical (unpaired) electrons. The Kier molecular flexibility index (Phi) is 2.73. The number of hydrogen-bond acceptors (Lipinski definition) is 4. The lowest BCUT2D eigenvalue weighted by Gasteiger charge is -2.21. The molecule has 1 aromatic heterocycles. The maximum absolute atomic E-state index is 11.5. The molecule has 3 N–H and O–H groups in total. The summed E-state index contributed by atoms with van der Waals surface area (Å²) in [6.45, 7) is 3.08. The van der Waals surface area contributed by atoms with E-state index in [0.717, 1.165) is 19.4 Å². The number of anilines is 1. The van der Waals surface area contributed by atoms with Crippen molar-refractivity contribution >= 4 is 5.82 Å². The molecule has 1 aliphatic rings. The first kappa shape index (κ1) is 10.2. The number of aromatic amines is 1. The van der Waals surface area contributed by atoms with Crippen LogP contribution >= 0.6 is 0 Å². The lowest BCUT2D eigenvalue weighted by atomic mass is 10.0. The van der Waals surface area contributed by atoms with Gasteiger partial charge in [0, 0.05) is 12.5 Å². The second kappa shape index (κ2) is 4.02. The molecule has 1 saturated heterocycles. The van der Waals surface area contributed by atoms with E-state index in [1.165, 1.54) is 0 Å². The minimum absolute atomic E-state index is 0.150. The molecule has 5 nitrogen and oxygen atoms in total. The quantitative estimate of drug-likeness (QED) is 0.708. The average Bonchev–Trinajstić information content (AvgIpc) is 2.26. The highest BCUT2D eigenvalue weighted by atomic mass is 16.5. The molecule has 82 valence electrons. The van der Waals surface area contributed by atoms with Gasteiger partial charge in [-0.15, -0.1) is 0 Å². The van der Waals surface area contributed by atoms with Crippen molar-refractivity contribution in [2.24, 2.45) is 0 Å². The van der Waals surface area contributed by atoms with E-state index in [9.17, 15) is 4.79 Å². The molecule has 1 unspecified atom stereocenters. The van der Waals surface area contributed by atoms with Crippen LogP contribution < -0.4 is 11.3 Å². The summed E-state index contributed by atoms with van der Waals surface area (Å²) < 4.78 is 5.34. The van der Waals surface area contributed by atoms with E-state index in [0.29, 0.717) is 23.8 Å².